The van der Waals surface area contributed by atoms with Crippen LogP contribution >= 0.6 is 0 Å². The third-order valence-corrected chi connectivity index (χ3v) is 5.65. The molecule has 0 unspecified atom stereocenters. The van der Waals surface area contributed by atoms with E-state index in [4.69, 9.17) is 4.74 Å². The minimum Gasteiger partial charge on any atom is -0.381 e. The minimum absolute atomic E-state index is 0.172. The normalized spacial score (nSPS) is 18.5. The lowest BCUT2D eigenvalue weighted by molar-refractivity contribution is -0.137. The molecule has 1 aromatic carbocycles. The van der Waals surface area contributed by atoms with Crippen LogP contribution in [-0.2, 0) is 10.9 Å². The summed E-state index contributed by atoms with van der Waals surface area (Å²) in [5, 5.41) is 0. The van der Waals surface area contributed by atoms with Crippen molar-refractivity contribution >= 4 is 11.6 Å². The molecule has 2 aliphatic rings. The number of aromatic nitrogens is 2. The maximum absolute atomic E-state index is 13.0. The Morgan fingerprint density at radius 1 is 1.03 bits per heavy atom. The summed E-state index contributed by atoms with van der Waals surface area (Å²) in [6.07, 6.45) is -1.19. The molecule has 1 aromatic heterocycles. The molecule has 160 valence electrons. The van der Waals surface area contributed by atoms with Crippen LogP contribution in [-0.4, -0.2) is 60.2 Å². The second-order valence-electron chi connectivity index (χ2n) is 7.54. The second kappa shape index (κ2) is 8.59. The number of carbonyl (C=O) groups excluding carboxylic acids is 1. The summed E-state index contributed by atoms with van der Waals surface area (Å²) in [7, 11) is 0. The van der Waals surface area contributed by atoms with E-state index in [0.29, 0.717) is 50.8 Å². The van der Waals surface area contributed by atoms with Gasteiger partial charge in [-0.1, -0.05) is 6.07 Å². The molecule has 2 aromatic rings. The Kier molecular flexibility index (Phi) is 5.90. The van der Waals surface area contributed by atoms with Crippen molar-refractivity contribution in [2.45, 2.75) is 24.9 Å². The first-order valence-corrected chi connectivity index (χ1v) is 10.0. The first-order valence-electron chi connectivity index (χ1n) is 10.0. The van der Waals surface area contributed by atoms with Crippen molar-refractivity contribution in [3.05, 3.63) is 53.6 Å². The lowest BCUT2D eigenvalue weighted by Gasteiger charge is -2.36. The minimum atomic E-state index is -4.37. The summed E-state index contributed by atoms with van der Waals surface area (Å²) < 4.78 is 44.3. The monoisotopic (exact) mass is 420 g/mol. The van der Waals surface area contributed by atoms with Gasteiger partial charge >= 0.3 is 6.18 Å². The maximum atomic E-state index is 13.0. The molecule has 30 heavy (non-hydrogen) atoms. The van der Waals surface area contributed by atoms with Crippen LogP contribution in [0.25, 0.3) is 0 Å². The molecule has 2 fully saturated rings. The molecule has 0 spiro atoms. The smallest absolute Gasteiger partial charge is 0.381 e. The van der Waals surface area contributed by atoms with Crippen molar-refractivity contribution in [3.63, 3.8) is 0 Å². The van der Waals surface area contributed by atoms with Crippen LogP contribution < -0.4 is 4.90 Å². The number of anilines is 1. The number of amides is 1. The number of carbonyl (C=O) groups is 1. The van der Waals surface area contributed by atoms with Crippen molar-refractivity contribution in [1.29, 1.82) is 0 Å². The van der Waals surface area contributed by atoms with E-state index in [0.717, 1.165) is 30.7 Å². The van der Waals surface area contributed by atoms with E-state index < -0.39 is 11.7 Å². The van der Waals surface area contributed by atoms with Crippen LogP contribution in [0.2, 0.25) is 0 Å². The fourth-order valence-corrected chi connectivity index (χ4v) is 3.91. The zero-order chi connectivity index (χ0) is 21.1. The largest absolute Gasteiger partial charge is 0.416 e. The van der Waals surface area contributed by atoms with Gasteiger partial charge in [0, 0.05) is 56.7 Å². The van der Waals surface area contributed by atoms with Gasteiger partial charge in [-0.25, -0.2) is 9.97 Å². The Labute approximate surface area is 172 Å². The number of rotatable bonds is 3. The average Bonchev–Trinajstić information content (AvgIpc) is 2.79. The summed E-state index contributed by atoms with van der Waals surface area (Å²) in [5.74, 6) is 0.0976. The van der Waals surface area contributed by atoms with Gasteiger partial charge in [0.1, 0.15) is 12.0 Å². The molecule has 6 nitrogen and oxygen atoms in total. The van der Waals surface area contributed by atoms with Gasteiger partial charge in [-0.2, -0.15) is 13.2 Å². The highest BCUT2D eigenvalue weighted by Crippen LogP contribution is 2.32. The zero-order valence-corrected chi connectivity index (χ0v) is 16.4. The molecule has 0 saturated carbocycles. The summed E-state index contributed by atoms with van der Waals surface area (Å²) in [6.45, 7) is 3.15. The summed E-state index contributed by atoms with van der Waals surface area (Å²) in [5.41, 5.74) is 1.07. The van der Waals surface area contributed by atoms with Crippen LogP contribution in [0.1, 0.15) is 40.5 Å². The van der Waals surface area contributed by atoms with Gasteiger partial charge in [-0.3, -0.25) is 4.79 Å². The number of hydrogen-bond acceptors (Lipinski definition) is 5. The molecule has 3 heterocycles. The highest BCUT2D eigenvalue weighted by atomic mass is 19.4. The quantitative estimate of drug-likeness (QED) is 0.762. The van der Waals surface area contributed by atoms with Gasteiger partial charge < -0.3 is 14.5 Å². The van der Waals surface area contributed by atoms with E-state index in [1.54, 1.807) is 17.0 Å². The summed E-state index contributed by atoms with van der Waals surface area (Å²) in [6, 6.07) is 7.06. The molecule has 4 rings (SSSR count). The highest BCUT2D eigenvalue weighted by Gasteiger charge is 2.31. The van der Waals surface area contributed by atoms with Crippen LogP contribution in [0.5, 0.6) is 0 Å². The Morgan fingerprint density at radius 2 is 1.77 bits per heavy atom. The van der Waals surface area contributed by atoms with Gasteiger partial charge in [0.15, 0.2) is 0 Å². The lowest BCUT2D eigenvalue weighted by atomic mass is 9.96. The molecule has 2 aliphatic heterocycles. The predicted molar refractivity (Wildman–Crippen MR) is 104 cm³/mol. The van der Waals surface area contributed by atoms with E-state index in [-0.39, 0.29) is 11.8 Å². The SMILES string of the molecule is O=C(c1cc(C2CCOCC2)ncn1)N1CCN(c2cccc(C(F)(F)F)c2)CC1. The molecular weight excluding hydrogens is 397 g/mol. The number of hydrogen-bond donors (Lipinski definition) is 0. The Bertz CT molecular complexity index is 892. The molecule has 0 atom stereocenters. The van der Waals surface area contributed by atoms with Crippen molar-refractivity contribution < 1.29 is 22.7 Å². The summed E-state index contributed by atoms with van der Waals surface area (Å²) in [4.78, 5) is 25.0. The Hall–Kier alpha value is -2.68. The van der Waals surface area contributed by atoms with Gasteiger partial charge in [-0.15, -0.1) is 0 Å². The first kappa shape index (κ1) is 20.6. The van der Waals surface area contributed by atoms with E-state index >= 15 is 0 Å². The van der Waals surface area contributed by atoms with Crippen molar-refractivity contribution in [2.75, 3.05) is 44.3 Å². The number of alkyl halides is 3. The van der Waals surface area contributed by atoms with Gasteiger partial charge in [-0.05, 0) is 37.1 Å². The van der Waals surface area contributed by atoms with Crippen LogP contribution in [0.4, 0.5) is 18.9 Å². The van der Waals surface area contributed by atoms with Crippen LogP contribution in [0.15, 0.2) is 36.7 Å². The molecule has 0 N–H and O–H groups in total. The van der Waals surface area contributed by atoms with E-state index in [1.807, 2.05) is 4.90 Å². The highest BCUT2D eigenvalue weighted by molar-refractivity contribution is 5.92. The average molecular weight is 420 g/mol. The van der Waals surface area contributed by atoms with Crippen molar-refractivity contribution in [1.82, 2.24) is 14.9 Å². The number of piperazine rings is 1. The predicted octanol–water partition coefficient (Wildman–Crippen LogP) is 3.35. The van der Waals surface area contributed by atoms with Crippen molar-refractivity contribution in [2.24, 2.45) is 0 Å². The summed E-state index contributed by atoms with van der Waals surface area (Å²) >= 11 is 0. The first-order chi connectivity index (χ1) is 14.4. The third-order valence-electron chi connectivity index (χ3n) is 5.65. The molecule has 9 heteroatoms. The fraction of sp³-hybridized carbons (Fsp3) is 0.476. The number of benzene rings is 1. The Morgan fingerprint density at radius 3 is 2.47 bits per heavy atom. The molecular formula is C21H23F3N4O2. The Balaban J connectivity index is 1.40. The fourth-order valence-electron chi connectivity index (χ4n) is 3.91. The molecule has 0 bridgehead atoms. The van der Waals surface area contributed by atoms with Gasteiger partial charge in [0.2, 0.25) is 0 Å². The maximum Gasteiger partial charge on any atom is 0.416 e. The molecule has 2 saturated heterocycles. The van der Waals surface area contributed by atoms with E-state index in [2.05, 4.69) is 9.97 Å². The molecule has 0 radical (unpaired) electrons. The zero-order valence-electron chi connectivity index (χ0n) is 16.4. The molecule has 1 amide bonds. The topological polar surface area (TPSA) is 58.6 Å². The number of nitrogens with zero attached hydrogens (tertiary/aromatic N) is 4. The molecule has 0 aliphatic carbocycles. The van der Waals surface area contributed by atoms with Crippen LogP contribution in [0, 0.1) is 0 Å². The lowest BCUT2D eigenvalue weighted by Crippen LogP contribution is -2.49. The number of ether oxygens (including phenoxy) is 1. The second-order valence-corrected chi connectivity index (χ2v) is 7.54. The van der Waals surface area contributed by atoms with Gasteiger partial charge in [0.25, 0.3) is 5.91 Å². The van der Waals surface area contributed by atoms with Gasteiger partial charge in [0.05, 0.1) is 5.56 Å². The standard InChI is InChI=1S/C21H23F3N4O2/c22-21(23,24)16-2-1-3-17(12-16)27-6-8-28(9-7-27)20(29)19-13-18(25-14-26-19)15-4-10-30-11-5-15/h1-3,12-15H,4-11H2. The van der Waals surface area contributed by atoms with Crippen molar-refractivity contribution in [3.8, 4) is 0 Å². The van der Waals surface area contributed by atoms with Crippen LogP contribution in [0.3, 0.4) is 0 Å². The van der Waals surface area contributed by atoms with E-state index in [9.17, 15) is 18.0 Å². The third kappa shape index (κ3) is 4.56. The number of halogens is 3. The van der Waals surface area contributed by atoms with E-state index in [1.165, 1.54) is 12.4 Å².